The molecule has 1 atom stereocenters. The van der Waals surface area contributed by atoms with Crippen molar-refractivity contribution in [2.75, 3.05) is 0 Å². The number of aryl methyl sites for hydroxylation is 1. The van der Waals surface area contributed by atoms with Gasteiger partial charge in [-0.3, -0.25) is 0 Å². The smallest absolute Gasteiger partial charge is 0.234 e. The Morgan fingerprint density at radius 2 is 1.59 bits per heavy atom. The predicted molar refractivity (Wildman–Crippen MR) is 113 cm³/mol. The first-order valence-corrected chi connectivity index (χ1v) is 10.4. The largest absolute Gasteiger partial charge is 0.261 e. The summed E-state index contributed by atoms with van der Waals surface area (Å²) in [6.07, 6.45) is 6.95. The van der Waals surface area contributed by atoms with Crippen LogP contribution in [-0.2, 0) is 25.9 Å². The van der Waals surface area contributed by atoms with Gasteiger partial charge in [0, 0.05) is 6.42 Å². The third-order valence-corrected chi connectivity index (χ3v) is 5.45. The maximum Gasteiger partial charge on any atom is 0.261 e. The van der Waals surface area contributed by atoms with E-state index in [1.165, 1.54) is 35.5 Å². The third kappa shape index (κ3) is 4.88. The average Bonchev–Trinajstić information content (AvgIpc) is 3.03. The van der Waals surface area contributed by atoms with Crippen molar-refractivity contribution in [3.63, 3.8) is 0 Å². The van der Waals surface area contributed by atoms with Crippen molar-refractivity contribution in [1.82, 2.24) is 4.57 Å². The minimum atomic E-state index is 0.524. The van der Waals surface area contributed by atoms with Crippen molar-refractivity contribution >= 4 is 0 Å². The molecule has 0 radical (unpaired) electrons. The van der Waals surface area contributed by atoms with Crippen molar-refractivity contribution in [2.45, 2.75) is 65.5 Å². The zero-order valence-electron chi connectivity index (χ0n) is 17.1. The summed E-state index contributed by atoms with van der Waals surface area (Å²) in [4.78, 5) is 0. The minimum Gasteiger partial charge on any atom is -0.234 e. The van der Waals surface area contributed by atoms with E-state index in [4.69, 9.17) is 0 Å². The lowest BCUT2D eigenvalue weighted by Crippen LogP contribution is -2.40. The van der Waals surface area contributed by atoms with Crippen LogP contribution in [0.2, 0.25) is 0 Å². The van der Waals surface area contributed by atoms with E-state index in [1.807, 2.05) is 0 Å². The highest BCUT2D eigenvalue weighted by atomic mass is 15.2. The fraction of sp³-hybridized carbons (Fsp3) is 0.400. The Morgan fingerprint density at radius 1 is 0.926 bits per heavy atom. The molecule has 0 aliphatic heterocycles. The van der Waals surface area contributed by atoms with Crippen molar-refractivity contribution in [3.8, 4) is 0 Å². The fourth-order valence-corrected chi connectivity index (χ4v) is 3.90. The van der Waals surface area contributed by atoms with Gasteiger partial charge in [0.05, 0.1) is 19.5 Å². The van der Waals surface area contributed by atoms with Gasteiger partial charge in [-0.2, -0.15) is 0 Å². The molecule has 2 aromatic carbocycles. The van der Waals surface area contributed by atoms with Crippen LogP contribution >= 0.6 is 0 Å². The molecule has 0 fully saturated rings. The SMILES string of the molecule is CCCCn1cc(CC(C)c2ccccc2)[n+](CC)c1Cc1ccccc1. The van der Waals surface area contributed by atoms with E-state index in [2.05, 4.69) is 96.8 Å². The summed E-state index contributed by atoms with van der Waals surface area (Å²) in [7, 11) is 0. The highest BCUT2D eigenvalue weighted by Gasteiger charge is 2.24. The molecule has 0 N–H and O–H groups in total. The number of rotatable bonds is 9. The second kappa shape index (κ2) is 9.55. The number of aromatic nitrogens is 2. The van der Waals surface area contributed by atoms with Gasteiger partial charge in [-0.1, -0.05) is 80.9 Å². The molecule has 0 saturated carbocycles. The topological polar surface area (TPSA) is 8.81 Å². The van der Waals surface area contributed by atoms with Crippen LogP contribution in [-0.4, -0.2) is 4.57 Å². The highest BCUT2D eigenvalue weighted by molar-refractivity contribution is 5.21. The second-order valence-corrected chi connectivity index (χ2v) is 7.51. The van der Waals surface area contributed by atoms with Crippen LogP contribution in [0.15, 0.2) is 66.9 Å². The molecule has 3 aromatic rings. The number of hydrogen-bond donors (Lipinski definition) is 0. The van der Waals surface area contributed by atoms with Gasteiger partial charge in [0.15, 0.2) is 0 Å². The van der Waals surface area contributed by atoms with Gasteiger partial charge < -0.3 is 0 Å². The maximum atomic E-state index is 2.54. The lowest BCUT2D eigenvalue weighted by Gasteiger charge is -2.11. The average molecular weight is 362 g/mol. The first-order valence-electron chi connectivity index (χ1n) is 10.4. The molecule has 2 heteroatoms. The van der Waals surface area contributed by atoms with Gasteiger partial charge in [-0.25, -0.2) is 9.13 Å². The Balaban J connectivity index is 1.91. The number of imidazole rings is 1. The van der Waals surface area contributed by atoms with Crippen LogP contribution in [0.3, 0.4) is 0 Å². The predicted octanol–water partition coefficient (Wildman–Crippen LogP) is 5.53. The molecule has 1 aromatic heterocycles. The lowest BCUT2D eigenvalue weighted by molar-refractivity contribution is -0.707. The van der Waals surface area contributed by atoms with Crippen LogP contribution in [0.5, 0.6) is 0 Å². The van der Waals surface area contributed by atoms with Crippen LogP contribution in [0.1, 0.15) is 62.2 Å². The molecule has 27 heavy (non-hydrogen) atoms. The van der Waals surface area contributed by atoms with Crippen LogP contribution < -0.4 is 4.57 Å². The van der Waals surface area contributed by atoms with Crippen molar-refractivity contribution in [2.24, 2.45) is 0 Å². The molecular formula is C25H33N2+. The van der Waals surface area contributed by atoms with Crippen molar-refractivity contribution in [1.29, 1.82) is 0 Å². The summed E-state index contributed by atoms with van der Waals surface area (Å²) in [5, 5.41) is 0. The Labute approximate surface area is 164 Å². The minimum absolute atomic E-state index is 0.524. The Hall–Kier alpha value is -2.35. The maximum absolute atomic E-state index is 2.54. The van der Waals surface area contributed by atoms with Crippen LogP contribution in [0.25, 0.3) is 0 Å². The van der Waals surface area contributed by atoms with E-state index in [1.54, 1.807) is 0 Å². The molecule has 0 saturated heterocycles. The number of nitrogens with zero attached hydrogens (tertiary/aromatic N) is 2. The van der Waals surface area contributed by atoms with Gasteiger partial charge in [0.25, 0.3) is 5.82 Å². The van der Waals surface area contributed by atoms with E-state index < -0.39 is 0 Å². The Morgan fingerprint density at radius 3 is 2.22 bits per heavy atom. The monoisotopic (exact) mass is 361 g/mol. The first kappa shape index (κ1) is 19.4. The second-order valence-electron chi connectivity index (χ2n) is 7.51. The number of benzene rings is 2. The van der Waals surface area contributed by atoms with E-state index in [-0.39, 0.29) is 0 Å². The molecule has 0 aliphatic rings. The van der Waals surface area contributed by atoms with E-state index in [9.17, 15) is 0 Å². The Bertz CT molecular complexity index is 818. The molecule has 1 heterocycles. The van der Waals surface area contributed by atoms with Gasteiger partial charge in [-0.15, -0.1) is 0 Å². The molecule has 0 spiro atoms. The summed E-state index contributed by atoms with van der Waals surface area (Å²) in [6, 6.07) is 21.8. The molecular weight excluding hydrogens is 328 g/mol. The van der Waals surface area contributed by atoms with E-state index >= 15 is 0 Å². The van der Waals surface area contributed by atoms with Gasteiger partial charge in [0.1, 0.15) is 11.9 Å². The summed E-state index contributed by atoms with van der Waals surface area (Å²) in [6.45, 7) is 9.02. The van der Waals surface area contributed by atoms with Crippen molar-refractivity contribution < 1.29 is 4.57 Å². The van der Waals surface area contributed by atoms with E-state index in [0.717, 1.165) is 25.9 Å². The fourth-order valence-electron chi connectivity index (χ4n) is 3.90. The standard InChI is InChI=1S/C25H33N2/c1-4-6-17-26-20-24(18-21(3)23-15-11-8-12-16-23)27(5-2)25(26)19-22-13-9-7-10-14-22/h7-16,20-21H,4-6,17-19H2,1-3H3/q+1. The number of unbranched alkanes of at least 4 members (excludes halogenated alkanes) is 1. The summed E-state index contributed by atoms with van der Waals surface area (Å²) in [5.41, 5.74) is 4.26. The molecule has 0 amide bonds. The molecule has 0 bridgehead atoms. The van der Waals surface area contributed by atoms with Gasteiger partial charge in [0.2, 0.25) is 0 Å². The normalized spacial score (nSPS) is 12.3. The molecule has 2 nitrogen and oxygen atoms in total. The summed E-state index contributed by atoms with van der Waals surface area (Å²) < 4.78 is 5.05. The molecule has 142 valence electrons. The molecule has 0 aliphatic carbocycles. The highest BCUT2D eigenvalue weighted by Crippen LogP contribution is 2.20. The first-order chi connectivity index (χ1) is 13.2. The van der Waals surface area contributed by atoms with E-state index in [0.29, 0.717) is 5.92 Å². The summed E-state index contributed by atoms with van der Waals surface area (Å²) >= 11 is 0. The zero-order chi connectivity index (χ0) is 19.1. The van der Waals surface area contributed by atoms with Crippen molar-refractivity contribution in [3.05, 3.63) is 89.5 Å². The third-order valence-electron chi connectivity index (χ3n) is 5.45. The summed E-state index contributed by atoms with van der Waals surface area (Å²) in [5.74, 6) is 1.96. The lowest BCUT2D eigenvalue weighted by atomic mass is 9.96. The molecule has 3 rings (SSSR count). The zero-order valence-corrected chi connectivity index (χ0v) is 17.1. The number of hydrogen-bond acceptors (Lipinski definition) is 0. The molecule has 1 unspecified atom stereocenters. The Kier molecular flexibility index (Phi) is 6.86. The van der Waals surface area contributed by atoms with Crippen LogP contribution in [0.4, 0.5) is 0 Å². The quantitative estimate of drug-likeness (QED) is 0.443. The van der Waals surface area contributed by atoms with Gasteiger partial charge in [-0.05, 0) is 30.4 Å². The van der Waals surface area contributed by atoms with Crippen LogP contribution in [0, 0.1) is 0 Å². The van der Waals surface area contributed by atoms with Gasteiger partial charge >= 0.3 is 0 Å².